The van der Waals surface area contributed by atoms with Crippen LogP contribution in [0.2, 0.25) is 0 Å². The van der Waals surface area contributed by atoms with Gasteiger partial charge in [0.1, 0.15) is 11.6 Å². The monoisotopic (exact) mass is 406 g/mol. The average Bonchev–Trinajstić information content (AvgIpc) is 3.17. The molecule has 0 atom stereocenters. The van der Waals surface area contributed by atoms with Crippen molar-refractivity contribution in [1.82, 2.24) is 19.9 Å². The maximum atomic E-state index is 13.6. The quantitative estimate of drug-likeness (QED) is 0.535. The molecule has 2 aromatic heterocycles. The van der Waals surface area contributed by atoms with Crippen LogP contribution in [0.5, 0.6) is 0 Å². The third-order valence-electron chi connectivity index (χ3n) is 5.03. The Morgan fingerprint density at radius 3 is 2.53 bits per heavy atom. The fourth-order valence-corrected chi connectivity index (χ4v) is 3.25. The highest BCUT2D eigenvalue weighted by Gasteiger charge is 2.23. The summed E-state index contributed by atoms with van der Waals surface area (Å²) >= 11 is 0. The van der Waals surface area contributed by atoms with E-state index in [9.17, 15) is 13.6 Å². The van der Waals surface area contributed by atoms with Gasteiger partial charge >= 0.3 is 0 Å². The summed E-state index contributed by atoms with van der Waals surface area (Å²) in [5.41, 5.74) is 2.50. The van der Waals surface area contributed by atoms with Crippen LogP contribution in [-0.2, 0) is 5.41 Å². The molecule has 2 aromatic carbocycles. The Hall–Kier alpha value is -3.61. The first kappa shape index (κ1) is 19.7. The first-order valence-corrected chi connectivity index (χ1v) is 9.48. The molecule has 0 aliphatic rings. The number of aromatic nitrogens is 3. The predicted molar refractivity (Wildman–Crippen MR) is 110 cm³/mol. The summed E-state index contributed by atoms with van der Waals surface area (Å²) in [6.07, 6.45) is 1.62. The highest BCUT2D eigenvalue weighted by Crippen LogP contribution is 2.23. The standard InChI is InChI=1S/C23H20F2N4O/c1-23(2,16-4-3-5-18(25)12-16)14-27-22(30)19-13-21-26-11-10-20(29(21)28-19)15-6-8-17(24)9-7-15/h3-13H,14H2,1-2H3,(H,27,30). The fourth-order valence-electron chi connectivity index (χ4n) is 3.25. The molecule has 0 aliphatic carbocycles. The lowest BCUT2D eigenvalue weighted by Crippen LogP contribution is -2.36. The van der Waals surface area contributed by atoms with Crippen LogP contribution in [0.1, 0.15) is 29.9 Å². The zero-order valence-corrected chi connectivity index (χ0v) is 16.6. The minimum absolute atomic E-state index is 0.215. The molecular weight excluding hydrogens is 386 g/mol. The lowest BCUT2D eigenvalue weighted by Gasteiger charge is -2.25. The van der Waals surface area contributed by atoms with Gasteiger partial charge in [-0.25, -0.2) is 18.3 Å². The number of fused-ring (bicyclic) bond motifs is 1. The number of hydrogen-bond donors (Lipinski definition) is 1. The highest BCUT2D eigenvalue weighted by atomic mass is 19.1. The molecule has 30 heavy (non-hydrogen) atoms. The van der Waals surface area contributed by atoms with Crippen molar-refractivity contribution in [3.8, 4) is 11.3 Å². The summed E-state index contributed by atoms with van der Waals surface area (Å²) in [6.45, 7) is 4.17. The van der Waals surface area contributed by atoms with Crippen molar-refractivity contribution in [3.63, 3.8) is 0 Å². The molecule has 4 aromatic rings. The first-order valence-electron chi connectivity index (χ1n) is 9.48. The van der Waals surface area contributed by atoms with Crippen molar-refractivity contribution in [2.24, 2.45) is 0 Å². The Morgan fingerprint density at radius 2 is 1.80 bits per heavy atom. The maximum absolute atomic E-state index is 13.6. The molecule has 152 valence electrons. The third-order valence-corrected chi connectivity index (χ3v) is 5.03. The van der Waals surface area contributed by atoms with Crippen LogP contribution in [0.3, 0.4) is 0 Å². The van der Waals surface area contributed by atoms with E-state index in [1.807, 2.05) is 19.9 Å². The van der Waals surface area contributed by atoms with Crippen molar-refractivity contribution < 1.29 is 13.6 Å². The van der Waals surface area contributed by atoms with Crippen LogP contribution >= 0.6 is 0 Å². The smallest absolute Gasteiger partial charge is 0.271 e. The third kappa shape index (κ3) is 3.91. The topological polar surface area (TPSA) is 59.3 Å². The largest absolute Gasteiger partial charge is 0.350 e. The average molecular weight is 406 g/mol. The summed E-state index contributed by atoms with van der Waals surface area (Å²) in [5.74, 6) is -0.993. The Kier molecular flexibility index (Phi) is 5.03. The number of nitrogens with one attached hydrogen (secondary N) is 1. The SMILES string of the molecule is CC(C)(CNC(=O)c1cc2nccc(-c3ccc(F)cc3)n2n1)c1cccc(F)c1. The molecule has 5 nitrogen and oxygen atoms in total. The van der Waals surface area contributed by atoms with Crippen molar-refractivity contribution in [1.29, 1.82) is 0 Å². The van der Waals surface area contributed by atoms with Crippen molar-refractivity contribution >= 4 is 11.6 Å². The second kappa shape index (κ2) is 7.67. The molecule has 0 radical (unpaired) electrons. The van der Waals surface area contributed by atoms with Crippen molar-refractivity contribution in [2.45, 2.75) is 19.3 Å². The number of carbonyl (C=O) groups is 1. The van der Waals surface area contributed by atoms with E-state index >= 15 is 0 Å². The van der Waals surface area contributed by atoms with Crippen LogP contribution in [0.25, 0.3) is 16.9 Å². The second-order valence-corrected chi connectivity index (χ2v) is 7.71. The number of benzene rings is 2. The van der Waals surface area contributed by atoms with Gasteiger partial charge in [-0.3, -0.25) is 4.79 Å². The normalized spacial score (nSPS) is 11.6. The molecule has 0 bridgehead atoms. The Bertz CT molecular complexity index is 1220. The van der Waals surface area contributed by atoms with Gasteiger partial charge in [-0.1, -0.05) is 26.0 Å². The zero-order chi connectivity index (χ0) is 21.3. The fraction of sp³-hybridized carbons (Fsp3) is 0.174. The second-order valence-electron chi connectivity index (χ2n) is 7.71. The summed E-state index contributed by atoms with van der Waals surface area (Å²) in [7, 11) is 0. The summed E-state index contributed by atoms with van der Waals surface area (Å²) in [6, 6.07) is 15.7. The molecular formula is C23H20F2N4O. The van der Waals surface area contributed by atoms with Crippen LogP contribution in [-0.4, -0.2) is 27.0 Å². The van der Waals surface area contributed by atoms with E-state index in [0.717, 1.165) is 11.1 Å². The summed E-state index contributed by atoms with van der Waals surface area (Å²) in [5, 5.41) is 7.26. The molecule has 1 amide bonds. The van der Waals surface area contributed by atoms with E-state index in [4.69, 9.17) is 0 Å². The van der Waals surface area contributed by atoms with E-state index in [0.29, 0.717) is 17.9 Å². The molecule has 2 heterocycles. The maximum Gasteiger partial charge on any atom is 0.271 e. The molecule has 0 aliphatic heterocycles. The predicted octanol–water partition coefficient (Wildman–Crippen LogP) is 4.38. The molecule has 0 saturated carbocycles. The Morgan fingerprint density at radius 1 is 1.03 bits per heavy atom. The number of amides is 1. The molecule has 0 unspecified atom stereocenters. The lowest BCUT2D eigenvalue weighted by molar-refractivity contribution is 0.0940. The van der Waals surface area contributed by atoms with Gasteiger partial charge in [0.2, 0.25) is 0 Å². The number of nitrogens with zero attached hydrogens (tertiary/aromatic N) is 3. The number of hydrogen-bond acceptors (Lipinski definition) is 3. The van der Waals surface area contributed by atoms with E-state index in [1.54, 1.807) is 41.0 Å². The highest BCUT2D eigenvalue weighted by molar-refractivity contribution is 5.93. The van der Waals surface area contributed by atoms with Gasteiger partial charge in [-0.05, 0) is 48.0 Å². The first-order chi connectivity index (χ1) is 14.3. The zero-order valence-electron chi connectivity index (χ0n) is 16.6. The van der Waals surface area contributed by atoms with E-state index in [-0.39, 0.29) is 23.2 Å². The Labute approximate surface area is 172 Å². The van der Waals surface area contributed by atoms with Crippen molar-refractivity contribution in [2.75, 3.05) is 6.54 Å². The number of carbonyl (C=O) groups excluding carboxylic acids is 1. The van der Waals surface area contributed by atoms with Gasteiger partial charge in [0.25, 0.3) is 5.91 Å². The van der Waals surface area contributed by atoms with Gasteiger partial charge in [0, 0.05) is 29.8 Å². The van der Waals surface area contributed by atoms with Gasteiger partial charge in [0.15, 0.2) is 11.3 Å². The van der Waals surface area contributed by atoms with E-state index in [1.165, 1.54) is 24.3 Å². The van der Waals surface area contributed by atoms with Crippen LogP contribution < -0.4 is 5.32 Å². The molecule has 0 spiro atoms. The molecule has 7 heteroatoms. The van der Waals surface area contributed by atoms with Crippen molar-refractivity contribution in [3.05, 3.63) is 89.8 Å². The molecule has 0 fully saturated rings. The Balaban J connectivity index is 1.57. The number of halogens is 2. The van der Waals surface area contributed by atoms with E-state index < -0.39 is 5.41 Å². The molecule has 4 rings (SSSR count). The minimum Gasteiger partial charge on any atom is -0.350 e. The van der Waals surface area contributed by atoms with Crippen LogP contribution in [0, 0.1) is 11.6 Å². The van der Waals surface area contributed by atoms with E-state index in [2.05, 4.69) is 15.4 Å². The number of rotatable bonds is 5. The van der Waals surface area contributed by atoms with Gasteiger partial charge in [-0.2, -0.15) is 5.10 Å². The van der Waals surface area contributed by atoms with Gasteiger partial charge in [-0.15, -0.1) is 0 Å². The summed E-state index contributed by atoms with van der Waals surface area (Å²) < 4.78 is 28.4. The summed E-state index contributed by atoms with van der Waals surface area (Å²) in [4.78, 5) is 17.0. The lowest BCUT2D eigenvalue weighted by atomic mass is 9.84. The minimum atomic E-state index is -0.464. The molecule has 1 N–H and O–H groups in total. The van der Waals surface area contributed by atoms with Crippen LogP contribution in [0.4, 0.5) is 8.78 Å². The molecule has 0 saturated heterocycles. The van der Waals surface area contributed by atoms with Crippen LogP contribution in [0.15, 0.2) is 66.9 Å². The van der Waals surface area contributed by atoms with Gasteiger partial charge < -0.3 is 5.32 Å². The van der Waals surface area contributed by atoms with Gasteiger partial charge in [0.05, 0.1) is 5.69 Å².